The molecule has 2 N–H and O–H groups in total. The molecule has 1 saturated heterocycles. The van der Waals surface area contributed by atoms with Gasteiger partial charge in [-0.1, -0.05) is 19.8 Å². The van der Waals surface area contributed by atoms with Crippen LogP contribution < -0.4 is 5.73 Å². The second-order valence-electron chi connectivity index (χ2n) is 6.20. The van der Waals surface area contributed by atoms with Crippen molar-refractivity contribution in [1.82, 2.24) is 14.7 Å². The third-order valence-corrected chi connectivity index (χ3v) is 4.47. The highest BCUT2D eigenvalue weighted by atomic mass is 16.1. The van der Waals surface area contributed by atoms with E-state index in [-0.39, 0.29) is 11.9 Å². The molecule has 0 aromatic carbocycles. The molecule has 0 spiro atoms. The number of hydrogen-bond acceptors (Lipinski definition) is 3. The van der Waals surface area contributed by atoms with Crippen LogP contribution in [0.4, 0.5) is 0 Å². The molecule has 1 amide bonds. The molecule has 1 aliphatic rings. The predicted molar refractivity (Wildman–Crippen MR) is 83.9 cm³/mol. The number of carbonyl (C=O) groups excluding carboxylic acids is 1. The smallest absolute Gasteiger partial charge is 0.234 e. The monoisotopic (exact) mass is 292 g/mol. The van der Waals surface area contributed by atoms with E-state index in [9.17, 15) is 4.79 Å². The number of likely N-dealkylation sites (tertiary alicyclic amines) is 1. The second kappa shape index (κ2) is 7.07. The Morgan fingerprint density at radius 1 is 1.52 bits per heavy atom. The van der Waals surface area contributed by atoms with Gasteiger partial charge in [0.05, 0.1) is 18.3 Å². The van der Waals surface area contributed by atoms with E-state index in [1.807, 2.05) is 6.92 Å². The average molecular weight is 292 g/mol. The summed E-state index contributed by atoms with van der Waals surface area (Å²) in [4.78, 5) is 14.1. The third-order valence-electron chi connectivity index (χ3n) is 4.47. The Morgan fingerprint density at radius 2 is 2.29 bits per heavy atom. The average Bonchev–Trinajstić information content (AvgIpc) is 2.98. The molecule has 1 aromatic heterocycles. The molecule has 0 bridgehead atoms. The number of carbonyl (C=O) groups is 1. The summed E-state index contributed by atoms with van der Waals surface area (Å²) < 4.78 is 2.07. The van der Waals surface area contributed by atoms with Crippen molar-refractivity contribution in [2.75, 3.05) is 6.54 Å². The van der Waals surface area contributed by atoms with Gasteiger partial charge < -0.3 is 5.73 Å². The number of rotatable bonds is 7. The number of nitrogens with two attached hydrogens (primary N) is 1. The molecule has 2 rings (SSSR count). The maximum absolute atomic E-state index is 11.8. The molecular formula is C16H28N4O. The van der Waals surface area contributed by atoms with Crippen molar-refractivity contribution in [3.05, 3.63) is 17.5 Å². The van der Waals surface area contributed by atoms with Crippen LogP contribution in [0.2, 0.25) is 0 Å². The van der Waals surface area contributed by atoms with E-state index in [4.69, 9.17) is 5.73 Å². The fourth-order valence-electron chi connectivity index (χ4n) is 3.39. The fourth-order valence-corrected chi connectivity index (χ4v) is 3.39. The lowest BCUT2D eigenvalue weighted by atomic mass is 10.1. The molecule has 1 aromatic rings. The fraction of sp³-hybridized carbons (Fsp3) is 0.750. The molecule has 2 heterocycles. The van der Waals surface area contributed by atoms with Crippen LogP contribution in [0, 0.1) is 13.8 Å². The van der Waals surface area contributed by atoms with E-state index >= 15 is 0 Å². The minimum absolute atomic E-state index is 0.116. The summed E-state index contributed by atoms with van der Waals surface area (Å²) >= 11 is 0. The maximum atomic E-state index is 11.8. The highest BCUT2D eigenvalue weighted by Crippen LogP contribution is 2.24. The van der Waals surface area contributed by atoms with E-state index in [1.54, 1.807) is 0 Å². The summed E-state index contributed by atoms with van der Waals surface area (Å²) in [6.45, 7) is 8.08. The van der Waals surface area contributed by atoms with Crippen molar-refractivity contribution in [3.63, 3.8) is 0 Å². The predicted octanol–water partition coefficient (Wildman–Crippen LogP) is 2.01. The van der Waals surface area contributed by atoms with Gasteiger partial charge in [0.1, 0.15) is 0 Å². The lowest BCUT2D eigenvalue weighted by Gasteiger charge is -2.31. The van der Waals surface area contributed by atoms with E-state index in [2.05, 4.69) is 34.6 Å². The van der Waals surface area contributed by atoms with Gasteiger partial charge in [0, 0.05) is 11.7 Å². The van der Waals surface area contributed by atoms with E-state index in [0.29, 0.717) is 6.04 Å². The lowest BCUT2D eigenvalue weighted by Crippen LogP contribution is -2.48. The first-order chi connectivity index (χ1) is 10.0. The minimum Gasteiger partial charge on any atom is -0.368 e. The molecule has 0 saturated carbocycles. The highest BCUT2D eigenvalue weighted by molar-refractivity contribution is 5.79. The summed E-state index contributed by atoms with van der Waals surface area (Å²) in [5, 5.41) is 4.55. The van der Waals surface area contributed by atoms with Gasteiger partial charge in [-0.25, -0.2) is 0 Å². The quantitative estimate of drug-likeness (QED) is 0.836. The van der Waals surface area contributed by atoms with Gasteiger partial charge in [0.25, 0.3) is 0 Å². The molecule has 21 heavy (non-hydrogen) atoms. The SMILES string of the molecule is CCCC[C@@H](C(N)=O)N1CCC[C@@H]1Cn1nc(C)cc1C. The van der Waals surface area contributed by atoms with Crippen LogP contribution in [-0.2, 0) is 11.3 Å². The van der Waals surface area contributed by atoms with Crippen LogP contribution in [0.3, 0.4) is 0 Å². The van der Waals surface area contributed by atoms with Gasteiger partial charge in [-0.2, -0.15) is 5.10 Å². The van der Waals surface area contributed by atoms with Crippen LogP contribution >= 0.6 is 0 Å². The molecule has 0 aliphatic carbocycles. The third kappa shape index (κ3) is 3.84. The molecule has 5 heteroatoms. The van der Waals surface area contributed by atoms with E-state index in [1.165, 1.54) is 5.69 Å². The van der Waals surface area contributed by atoms with Crippen LogP contribution in [0.5, 0.6) is 0 Å². The van der Waals surface area contributed by atoms with Crippen molar-refractivity contribution in [2.24, 2.45) is 5.73 Å². The van der Waals surface area contributed by atoms with Gasteiger partial charge in [-0.3, -0.25) is 14.4 Å². The second-order valence-corrected chi connectivity index (χ2v) is 6.20. The van der Waals surface area contributed by atoms with E-state index < -0.39 is 0 Å². The van der Waals surface area contributed by atoms with Crippen molar-refractivity contribution < 1.29 is 4.79 Å². The standard InChI is InChI=1S/C16H28N4O/c1-4-5-8-15(16(17)21)19-9-6-7-14(19)11-20-13(3)10-12(2)18-20/h10,14-15H,4-9,11H2,1-3H3,(H2,17,21)/t14-,15+/m1/s1. The number of unbranched alkanes of at least 4 members (excludes halogenated alkanes) is 1. The molecule has 0 radical (unpaired) electrons. The van der Waals surface area contributed by atoms with Gasteiger partial charge >= 0.3 is 0 Å². The Kier molecular flexibility index (Phi) is 5.39. The highest BCUT2D eigenvalue weighted by Gasteiger charge is 2.33. The Balaban J connectivity index is 2.07. The van der Waals surface area contributed by atoms with Crippen LogP contribution in [0.15, 0.2) is 6.07 Å². The Bertz CT molecular complexity index is 483. The summed E-state index contributed by atoms with van der Waals surface area (Å²) in [6, 6.07) is 2.36. The number of amides is 1. The molecule has 1 fully saturated rings. The minimum atomic E-state index is -0.177. The summed E-state index contributed by atoms with van der Waals surface area (Å²) in [7, 11) is 0. The van der Waals surface area contributed by atoms with Crippen molar-refractivity contribution in [3.8, 4) is 0 Å². The first-order valence-electron chi connectivity index (χ1n) is 8.09. The van der Waals surface area contributed by atoms with Crippen LogP contribution in [0.1, 0.15) is 50.4 Å². The Labute approximate surface area is 127 Å². The number of nitrogens with zero attached hydrogens (tertiary/aromatic N) is 3. The number of aromatic nitrogens is 2. The Morgan fingerprint density at radius 3 is 2.86 bits per heavy atom. The van der Waals surface area contributed by atoms with Gasteiger partial charge in [0.15, 0.2) is 0 Å². The zero-order valence-corrected chi connectivity index (χ0v) is 13.5. The molecule has 1 aliphatic heterocycles. The first kappa shape index (κ1) is 16.0. The van der Waals surface area contributed by atoms with Gasteiger partial charge in [-0.05, 0) is 45.7 Å². The zero-order valence-electron chi connectivity index (χ0n) is 13.5. The Hall–Kier alpha value is -1.36. The van der Waals surface area contributed by atoms with Crippen molar-refractivity contribution >= 4 is 5.91 Å². The molecule has 5 nitrogen and oxygen atoms in total. The number of aryl methyl sites for hydroxylation is 2. The topological polar surface area (TPSA) is 64.2 Å². The summed E-state index contributed by atoms with van der Waals surface area (Å²) in [6.07, 6.45) is 5.28. The van der Waals surface area contributed by atoms with Crippen molar-refractivity contribution in [1.29, 1.82) is 0 Å². The first-order valence-corrected chi connectivity index (χ1v) is 8.09. The zero-order chi connectivity index (χ0) is 15.4. The lowest BCUT2D eigenvalue weighted by molar-refractivity contribution is -0.124. The van der Waals surface area contributed by atoms with Crippen molar-refractivity contribution in [2.45, 2.75) is 71.5 Å². The summed E-state index contributed by atoms with van der Waals surface area (Å²) in [5.41, 5.74) is 7.88. The number of hydrogen-bond donors (Lipinski definition) is 1. The molecule has 0 unspecified atom stereocenters. The molecule has 118 valence electrons. The van der Waals surface area contributed by atoms with Crippen LogP contribution in [0.25, 0.3) is 0 Å². The summed E-state index contributed by atoms with van der Waals surface area (Å²) in [5.74, 6) is -0.177. The maximum Gasteiger partial charge on any atom is 0.234 e. The largest absolute Gasteiger partial charge is 0.368 e. The molecule has 2 atom stereocenters. The van der Waals surface area contributed by atoms with Gasteiger partial charge in [-0.15, -0.1) is 0 Å². The normalized spacial score (nSPS) is 20.8. The van der Waals surface area contributed by atoms with Crippen LogP contribution in [-0.4, -0.2) is 39.2 Å². The van der Waals surface area contributed by atoms with E-state index in [0.717, 1.165) is 50.9 Å². The van der Waals surface area contributed by atoms with Gasteiger partial charge in [0.2, 0.25) is 5.91 Å². The molecular weight excluding hydrogens is 264 g/mol. The number of primary amides is 1.